The van der Waals surface area contributed by atoms with Gasteiger partial charge in [0.25, 0.3) is 0 Å². The first-order valence-electron chi connectivity index (χ1n) is 6.15. The molecule has 8 heteroatoms. The number of hydrogen-bond donors (Lipinski definition) is 3. The van der Waals surface area contributed by atoms with Crippen LogP contribution in [0.1, 0.15) is 6.23 Å². The molecule has 0 spiro atoms. The quantitative estimate of drug-likeness (QED) is 0.581. The molecule has 3 heterocycles. The molecule has 1 aliphatic heterocycles. The number of aliphatic hydroxyl groups is 3. The predicted octanol–water partition coefficient (Wildman–Crippen LogP) is -1.58. The molecule has 1 saturated heterocycles. The van der Waals surface area contributed by atoms with Crippen molar-refractivity contribution < 1.29 is 20.1 Å². The van der Waals surface area contributed by atoms with Crippen molar-refractivity contribution in [2.24, 2.45) is 0 Å². The van der Waals surface area contributed by atoms with Gasteiger partial charge in [0.05, 0.1) is 0 Å². The molecule has 1 fully saturated rings. The van der Waals surface area contributed by atoms with E-state index < -0.39 is 24.5 Å². The molecule has 0 radical (unpaired) electrons. The zero-order valence-corrected chi connectivity index (χ0v) is 12.5. The fourth-order valence-corrected chi connectivity index (χ4v) is 3.54. The van der Waals surface area contributed by atoms with Crippen LogP contribution in [-0.4, -0.2) is 69.7 Å². The molecule has 108 valence electrons. The number of aromatic nitrogens is 3. The van der Waals surface area contributed by atoms with Crippen LogP contribution >= 0.6 is 0 Å². The van der Waals surface area contributed by atoms with Crippen molar-refractivity contribution >= 4 is 30.6 Å². The average molecular weight is 344 g/mol. The Morgan fingerprint density at radius 1 is 1.35 bits per heavy atom. The zero-order chi connectivity index (χ0) is 14.3. The van der Waals surface area contributed by atoms with Gasteiger partial charge in [0.2, 0.25) is 0 Å². The number of nitrogens with zero attached hydrogens (tertiary/aromatic N) is 3. The van der Waals surface area contributed by atoms with Crippen molar-refractivity contribution in [3.63, 3.8) is 0 Å². The molecule has 0 bridgehead atoms. The number of ether oxygens (including phenoxy) is 1. The molecule has 20 heavy (non-hydrogen) atoms. The molecule has 3 rings (SSSR count). The Bertz CT molecular complexity index is 620. The summed E-state index contributed by atoms with van der Waals surface area (Å²) in [6, 6.07) is 1.88. The molecule has 4 atom stereocenters. The summed E-state index contributed by atoms with van der Waals surface area (Å²) in [5.41, 5.74) is 0.661. The van der Waals surface area contributed by atoms with Gasteiger partial charge in [-0.05, 0) is 0 Å². The van der Waals surface area contributed by atoms with Crippen LogP contribution in [-0.2, 0) is 4.74 Å². The summed E-state index contributed by atoms with van der Waals surface area (Å²) in [4.78, 5) is 8.47. The van der Waals surface area contributed by atoms with E-state index in [4.69, 9.17) is 9.84 Å². The summed E-state index contributed by atoms with van der Waals surface area (Å²) in [6.45, 7) is -0.341. The number of hydrogen-bond acceptors (Lipinski definition) is 6. The van der Waals surface area contributed by atoms with Gasteiger partial charge >= 0.3 is 121 Å². The van der Waals surface area contributed by atoms with E-state index in [1.165, 1.54) is 6.33 Å². The van der Waals surface area contributed by atoms with Gasteiger partial charge in [-0.3, -0.25) is 0 Å². The van der Waals surface area contributed by atoms with Crippen molar-refractivity contribution in [2.45, 2.75) is 30.4 Å². The molecule has 0 amide bonds. The molecule has 0 unspecified atom stereocenters. The molecule has 2 aromatic heterocycles. The SMILES string of the molecule is C[Se]c1ncnc2c1ccn2[C@@H]1O[C@H](CO)[C@@H](O)[C@H]1O. The van der Waals surface area contributed by atoms with Crippen LogP contribution in [0.3, 0.4) is 0 Å². The minimum atomic E-state index is -1.11. The van der Waals surface area contributed by atoms with Gasteiger partial charge in [-0.15, -0.1) is 0 Å². The molecule has 0 aliphatic carbocycles. The Kier molecular flexibility index (Phi) is 3.76. The Morgan fingerprint density at radius 3 is 2.80 bits per heavy atom. The molecule has 7 nitrogen and oxygen atoms in total. The summed E-state index contributed by atoms with van der Waals surface area (Å²) in [5, 5.41) is 30.0. The van der Waals surface area contributed by atoms with E-state index in [1.807, 2.05) is 6.07 Å². The van der Waals surface area contributed by atoms with Crippen LogP contribution in [0.15, 0.2) is 18.6 Å². The van der Waals surface area contributed by atoms with Crippen molar-refractivity contribution in [1.29, 1.82) is 0 Å². The Hall–Kier alpha value is -1.02. The molecule has 2 aromatic rings. The van der Waals surface area contributed by atoms with Crippen molar-refractivity contribution in [3.05, 3.63) is 18.6 Å². The number of rotatable bonds is 3. The van der Waals surface area contributed by atoms with Gasteiger partial charge in [0.15, 0.2) is 0 Å². The predicted molar refractivity (Wildman–Crippen MR) is 71.8 cm³/mol. The van der Waals surface area contributed by atoms with Gasteiger partial charge < -0.3 is 0 Å². The van der Waals surface area contributed by atoms with Crippen molar-refractivity contribution in [3.8, 4) is 0 Å². The van der Waals surface area contributed by atoms with Crippen LogP contribution in [0.25, 0.3) is 11.0 Å². The molecule has 0 aromatic carbocycles. The molecular formula is C12H15N3O4Se. The monoisotopic (exact) mass is 345 g/mol. The summed E-state index contributed by atoms with van der Waals surface area (Å²) < 4.78 is 8.17. The van der Waals surface area contributed by atoms with Crippen molar-refractivity contribution in [1.82, 2.24) is 14.5 Å². The summed E-state index contributed by atoms with van der Waals surface area (Å²) in [5.74, 6) is 2.07. The first kappa shape index (κ1) is 13.9. The molecule has 1 aliphatic rings. The van der Waals surface area contributed by atoms with Gasteiger partial charge in [-0.2, -0.15) is 0 Å². The summed E-state index contributed by atoms with van der Waals surface area (Å²) in [7, 11) is 0. The normalized spacial score (nSPS) is 30.2. The van der Waals surface area contributed by atoms with E-state index in [1.54, 1.807) is 10.8 Å². The number of aliphatic hydroxyl groups excluding tert-OH is 3. The number of fused-ring (bicyclic) bond motifs is 1. The van der Waals surface area contributed by atoms with Gasteiger partial charge in [-0.1, -0.05) is 0 Å². The maximum atomic E-state index is 10.1. The summed E-state index contributed by atoms with van der Waals surface area (Å²) >= 11 is 0.232. The third-order valence-corrected chi connectivity index (χ3v) is 4.95. The third kappa shape index (κ3) is 2.05. The van der Waals surface area contributed by atoms with E-state index in [2.05, 4.69) is 15.8 Å². The maximum absolute atomic E-state index is 10.1. The van der Waals surface area contributed by atoms with Crippen molar-refractivity contribution in [2.75, 3.05) is 6.61 Å². The van der Waals surface area contributed by atoms with Gasteiger partial charge in [-0.25, -0.2) is 0 Å². The van der Waals surface area contributed by atoms with Crippen LogP contribution in [0.4, 0.5) is 0 Å². The second kappa shape index (κ2) is 5.40. The second-order valence-corrected chi connectivity index (χ2v) is 6.24. The third-order valence-electron chi connectivity index (χ3n) is 3.46. The topological polar surface area (TPSA) is 101 Å². The van der Waals surface area contributed by atoms with E-state index >= 15 is 0 Å². The fraction of sp³-hybridized carbons (Fsp3) is 0.500. The second-order valence-electron chi connectivity index (χ2n) is 4.57. The van der Waals surface area contributed by atoms with Crippen LogP contribution in [0.5, 0.6) is 0 Å². The zero-order valence-electron chi connectivity index (χ0n) is 10.7. The van der Waals surface area contributed by atoms with E-state index in [0.717, 1.165) is 9.98 Å². The summed E-state index contributed by atoms with van der Waals surface area (Å²) in [6.07, 6.45) is -0.515. The first-order valence-corrected chi connectivity index (χ1v) is 8.72. The molecule has 3 N–H and O–H groups in total. The average Bonchev–Trinajstić information content (AvgIpc) is 3.01. The van der Waals surface area contributed by atoms with Gasteiger partial charge in [0.1, 0.15) is 0 Å². The van der Waals surface area contributed by atoms with Crippen LogP contribution < -0.4 is 4.59 Å². The Morgan fingerprint density at radius 2 is 2.15 bits per heavy atom. The van der Waals surface area contributed by atoms with Crippen LogP contribution in [0.2, 0.25) is 5.82 Å². The van der Waals surface area contributed by atoms with Crippen LogP contribution in [0, 0.1) is 0 Å². The minimum absolute atomic E-state index is 0.232. The first-order chi connectivity index (χ1) is 9.67. The standard InChI is InChI=1S/C12H15N3O4Se/c1-20-11-6-2-3-15(10(6)13-5-14-11)12-9(18)8(17)7(4-16)19-12/h2-3,5,7-9,12,16-18H,4H2,1H3/t7-,8-,9-,12-/m1/s1. The van der Waals surface area contributed by atoms with Gasteiger partial charge in [0, 0.05) is 0 Å². The molecular weight excluding hydrogens is 329 g/mol. The fourth-order valence-electron chi connectivity index (χ4n) is 2.43. The van der Waals surface area contributed by atoms with E-state index in [-0.39, 0.29) is 21.6 Å². The van der Waals surface area contributed by atoms with E-state index in [9.17, 15) is 10.2 Å². The van der Waals surface area contributed by atoms with E-state index in [0.29, 0.717) is 5.65 Å². The molecule has 0 saturated carbocycles. The Labute approximate surface area is 121 Å². The Balaban J connectivity index is 2.03.